The van der Waals surface area contributed by atoms with Gasteiger partial charge < -0.3 is 15.0 Å². The number of nitrogens with zero attached hydrogens (tertiary/aromatic N) is 3. The van der Waals surface area contributed by atoms with Gasteiger partial charge in [-0.3, -0.25) is 24.0 Å². The van der Waals surface area contributed by atoms with E-state index in [9.17, 15) is 28.1 Å². The van der Waals surface area contributed by atoms with E-state index in [0.29, 0.717) is 18.7 Å². The van der Waals surface area contributed by atoms with Gasteiger partial charge >= 0.3 is 0 Å². The number of nitro groups is 1. The summed E-state index contributed by atoms with van der Waals surface area (Å²) in [6.45, 7) is 3.65. The second-order valence-corrected chi connectivity index (χ2v) is 11.4. The Morgan fingerprint density at radius 2 is 1.62 bits per heavy atom. The van der Waals surface area contributed by atoms with E-state index in [-0.39, 0.29) is 28.7 Å². The summed E-state index contributed by atoms with van der Waals surface area (Å²) in [5.41, 5.74) is 0.567. The highest BCUT2D eigenvalue weighted by Gasteiger charge is 2.33. The zero-order valence-corrected chi connectivity index (χ0v) is 24.7. The molecule has 0 fully saturated rings. The minimum Gasteiger partial charge on any atom is -0.497 e. The minimum absolute atomic E-state index is 0.0437. The van der Waals surface area contributed by atoms with Crippen LogP contribution in [0.15, 0.2) is 83.8 Å². The highest BCUT2D eigenvalue weighted by Crippen LogP contribution is 2.27. The van der Waals surface area contributed by atoms with E-state index in [2.05, 4.69) is 5.32 Å². The molecule has 0 bridgehead atoms. The molecule has 2 amide bonds. The van der Waals surface area contributed by atoms with E-state index < -0.39 is 33.4 Å². The predicted molar refractivity (Wildman–Crippen MR) is 160 cm³/mol. The summed E-state index contributed by atoms with van der Waals surface area (Å²) in [7, 11) is -2.73. The monoisotopic (exact) mass is 596 g/mol. The van der Waals surface area contributed by atoms with Gasteiger partial charge in [0.1, 0.15) is 18.3 Å². The summed E-state index contributed by atoms with van der Waals surface area (Å²) in [6, 6.07) is 18.7. The minimum atomic E-state index is -4.27. The number of non-ortho nitro benzene ring substituents is 1. The zero-order chi connectivity index (χ0) is 30.7. The molecule has 0 radical (unpaired) electrons. The highest BCUT2D eigenvalue weighted by molar-refractivity contribution is 7.92. The number of unbranched alkanes of at least 4 members (excludes halogenated alkanes) is 1. The van der Waals surface area contributed by atoms with Crippen LogP contribution in [0.2, 0.25) is 0 Å². The maximum atomic E-state index is 14.0. The second-order valence-electron chi connectivity index (χ2n) is 9.54. The van der Waals surface area contributed by atoms with Gasteiger partial charge in [-0.1, -0.05) is 50.6 Å². The van der Waals surface area contributed by atoms with Crippen molar-refractivity contribution >= 4 is 33.2 Å². The molecule has 0 aliphatic heterocycles. The van der Waals surface area contributed by atoms with Crippen molar-refractivity contribution in [3.63, 3.8) is 0 Å². The van der Waals surface area contributed by atoms with Crippen LogP contribution in [-0.4, -0.2) is 56.3 Å². The molecule has 0 aromatic heterocycles. The number of benzene rings is 3. The molecule has 224 valence electrons. The van der Waals surface area contributed by atoms with Crippen LogP contribution in [0.1, 0.15) is 38.7 Å². The summed E-state index contributed by atoms with van der Waals surface area (Å²) >= 11 is 0. The van der Waals surface area contributed by atoms with Gasteiger partial charge in [-0.25, -0.2) is 8.42 Å². The van der Waals surface area contributed by atoms with Crippen molar-refractivity contribution in [1.29, 1.82) is 0 Å². The van der Waals surface area contributed by atoms with Crippen molar-refractivity contribution < 1.29 is 27.7 Å². The van der Waals surface area contributed by atoms with E-state index >= 15 is 0 Å². The normalized spacial score (nSPS) is 11.8. The first-order valence-electron chi connectivity index (χ1n) is 13.6. The maximum absolute atomic E-state index is 14.0. The number of ether oxygens (including phenoxy) is 1. The molecule has 0 unspecified atom stereocenters. The van der Waals surface area contributed by atoms with Crippen LogP contribution in [0.25, 0.3) is 0 Å². The lowest BCUT2D eigenvalue weighted by Gasteiger charge is -2.33. The molecule has 42 heavy (non-hydrogen) atoms. The third-order valence-corrected chi connectivity index (χ3v) is 8.47. The SMILES string of the molecule is CCCCNC(=O)[C@H](CC)N(Cc1ccc(OC)cc1)C(=O)CN(c1ccc([N+](=O)[O-])cc1)S(=O)(=O)c1ccccc1. The fourth-order valence-electron chi connectivity index (χ4n) is 4.34. The van der Waals surface area contributed by atoms with Gasteiger partial charge in [0.2, 0.25) is 11.8 Å². The molecular formula is C30H36N4O7S. The number of methoxy groups -OCH3 is 1. The van der Waals surface area contributed by atoms with Crippen LogP contribution in [0.4, 0.5) is 11.4 Å². The average Bonchev–Trinajstić information content (AvgIpc) is 3.00. The Labute approximate surface area is 246 Å². The van der Waals surface area contributed by atoms with Gasteiger partial charge in [0.15, 0.2) is 0 Å². The number of amides is 2. The summed E-state index contributed by atoms with van der Waals surface area (Å²) in [5, 5.41) is 14.1. The lowest BCUT2D eigenvalue weighted by Crippen LogP contribution is -2.52. The van der Waals surface area contributed by atoms with Gasteiger partial charge in [-0.2, -0.15) is 0 Å². The number of carbonyl (C=O) groups excluding carboxylic acids is 2. The maximum Gasteiger partial charge on any atom is 0.269 e. The van der Waals surface area contributed by atoms with Gasteiger partial charge in [0.05, 0.1) is 22.6 Å². The van der Waals surface area contributed by atoms with Crippen molar-refractivity contribution in [2.45, 2.75) is 50.6 Å². The number of nitro benzene ring substituents is 1. The van der Waals surface area contributed by atoms with Crippen molar-refractivity contribution in [2.24, 2.45) is 0 Å². The largest absolute Gasteiger partial charge is 0.497 e. The second kappa shape index (κ2) is 15.0. The standard InChI is InChI=1S/C30H36N4O7S/c1-4-6-20-31-30(36)28(5-2)32(21-23-12-18-26(41-3)19-13-23)29(35)22-33(24-14-16-25(17-15-24)34(37)38)42(39,40)27-10-8-7-9-11-27/h7-19,28H,4-6,20-22H2,1-3H3,(H,31,36)/t28-/m0/s1. The number of hydrogen-bond acceptors (Lipinski definition) is 7. The third kappa shape index (κ3) is 8.06. The van der Waals surface area contributed by atoms with Crippen molar-refractivity contribution in [2.75, 3.05) is 24.5 Å². The Balaban J connectivity index is 2.04. The molecule has 0 spiro atoms. The molecular weight excluding hydrogens is 560 g/mol. The molecule has 11 nitrogen and oxygen atoms in total. The first kappa shape index (κ1) is 32.1. The topological polar surface area (TPSA) is 139 Å². The fourth-order valence-corrected chi connectivity index (χ4v) is 5.78. The van der Waals surface area contributed by atoms with E-state index in [1.165, 1.54) is 41.3 Å². The predicted octanol–water partition coefficient (Wildman–Crippen LogP) is 4.52. The highest BCUT2D eigenvalue weighted by atomic mass is 32.2. The van der Waals surface area contributed by atoms with Crippen LogP contribution < -0.4 is 14.4 Å². The van der Waals surface area contributed by atoms with Gasteiger partial charge in [-0.05, 0) is 54.8 Å². The number of anilines is 1. The molecule has 3 aromatic carbocycles. The van der Waals surface area contributed by atoms with Crippen LogP contribution in [0.3, 0.4) is 0 Å². The molecule has 1 atom stereocenters. The molecule has 12 heteroatoms. The Kier molecular flexibility index (Phi) is 11.4. The van der Waals surface area contributed by atoms with Crippen LogP contribution in [0.5, 0.6) is 5.75 Å². The summed E-state index contributed by atoms with van der Waals surface area (Å²) in [4.78, 5) is 39.2. The number of hydrogen-bond donors (Lipinski definition) is 1. The number of sulfonamides is 1. The van der Waals surface area contributed by atoms with E-state index in [4.69, 9.17) is 4.74 Å². The van der Waals surface area contributed by atoms with Crippen molar-refractivity contribution in [3.05, 3.63) is 94.5 Å². The molecule has 0 aliphatic rings. The first-order valence-corrected chi connectivity index (χ1v) is 15.1. The van der Waals surface area contributed by atoms with E-state index in [1.807, 2.05) is 6.92 Å². The number of carbonyl (C=O) groups is 2. The Morgan fingerprint density at radius 1 is 0.976 bits per heavy atom. The van der Waals surface area contributed by atoms with Crippen molar-refractivity contribution in [1.82, 2.24) is 10.2 Å². The quantitative estimate of drug-likeness (QED) is 0.155. The zero-order valence-electron chi connectivity index (χ0n) is 23.9. The molecule has 3 aromatic rings. The van der Waals surface area contributed by atoms with E-state index in [1.54, 1.807) is 56.5 Å². The molecule has 1 N–H and O–H groups in total. The molecule has 0 saturated heterocycles. The van der Waals surface area contributed by atoms with Crippen LogP contribution in [-0.2, 0) is 26.2 Å². The first-order chi connectivity index (χ1) is 20.1. The Morgan fingerprint density at radius 3 is 2.17 bits per heavy atom. The Hall–Kier alpha value is -4.45. The average molecular weight is 597 g/mol. The summed E-state index contributed by atoms with van der Waals surface area (Å²) in [6.07, 6.45) is 1.95. The molecule has 0 saturated carbocycles. The van der Waals surface area contributed by atoms with Crippen LogP contribution >= 0.6 is 0 Å². The van der Waals surface area contributed by atoms with Gasteiger partial charge in [0.25, 0.3) is 15.7 Å². The summed E-state index contributed by atoms with van der Waals surface area (Å²) < 4.78 is 33.8. The Bertz CT molecular complexity index is 1450. The van der Waals surface area contributed by atoms with Gasteiger partial charge in [-0.15, -0.1) is 0 Å². The van der Waals surface area contributed by atoms with E-state index in [0.717, 1.165) is 22.7 Å². The molecule has 3 rings (SSSR count). The lowest BCUT2D eigenvalue weighted by atomic mass is 10.1. The number of rotatable bonds is 15. The van der Waals surface area contributed by atoms with Crippen LogP contribution in [0, 0.1) is 10.1 Å². The van der Waals surface area contributed by atoms with Crippen molar-refractivity contribution in [3.8, 4) is 5.75 Å². The van der Waals surface area contributed by atoms with Gasteiger partial charge in [0, 0.05) is 25.2 Å². The number of nitrogens with one attached hydrogen (secondary N) is 1. The fraction of sp³-hybridized carbons (Fsp3) is 0.333. The third-order valence-electron chi connectivity index (χ3n) is 6.69. The smallest absolute Gasteiger partial charge is 0.269 e. The molecule has 0 heterocycles. The lowest BCUT2D eigenvalue weighted by molar-refractivity contribution is -0.384. The summed E-state index contributed by atoms with van der Waals surface area (Å²) in [5.74, 6) is -0.318. The molecule has 0 aliphatic carbocycles.